The summed E-state index contributed by atoms with van der Waals surface area (Å²) >= 11 is 0. The van der Waals surface area contributed by atoms with Crippen molar-refractivity contribution in [2.24, 2.45) is 0 Å². The molecule has 0 saturated carbocycles. The average Bonchev–Trinajstić information content (AvgIpc) is 1.56. The second-order valence-electron chi connectivity index (χ2n) is 19.6. The van der Waals surface area contributed by atoms with E-state index < -0.39 is 60.4 Å². The van der Waals surface area contributed by atoms with E-state index in [0.717, 1.165) is 77.7 Å². The fraction of sp³-hybridized carbons (Fsp3) is 0.0571. The summed E-state index contributed by atoms with van der Waals surface area (Å²) in [5.41, 5.74) is 11.7. The molecule has 0 atom stereocenters. The first-order chi connectivity index (χ1) is 41.0. The number of nitrogens with zero attached hydrogens (tertiary/aromatic N) is 4. The van der Waals surface area contributed by atoms with E-state index in [1.807, 2.05) is 95.7 Å². The molecule has 0 radical (unpaired) electrons. The minimum absolute atomic E-state index is 0. The molecule has 0 aliphatic heterocycles. The van der Waals surface area contributed by atoms with Crippen molar-refractivity contribution in [2.75, 3.05) is 0 Å². The van der Waals surface area contributed by atoms with Crippen LogP contribution in [0.15, 0.2) is 236 Å². The van der Waals surface area contributed by atoms with Crippen LogP contribution in [0.3, 0.4) is 0 Å². The van der Waals surface area contributed by atoms with Crippen LogP contribution < -0.4 is 9.30 Å². The van der Waals surface area contributed by atoms with E-state index in [4.69, 9.17) is 17.9 Å². The van der Waals surface area contributed by atoms with Crippen molar-refractivity contribution >= 4 is 32.8 Å². The topological polar surface area (TPSA) is 35.9 Å². The molecular formula is C70H48N4OPt-2. The quantitative estimate of drug-likeness (QED) is 0.118. The largest absolute Gasteiger partial charge is 0.509 e. The van der Waals surface area contributed by atoms with Crippen LogP contribution in [0.2, 0.25) is 0 Å². The third-order valence-electron chi connectivity index (χ3n) is 14.2. The van der Waals surface area contributed by atoms with Gasteiger partial charge in [0.2, 0.25) is 0 Å². The van der Waals surface area contributed by atoms with Gasteiger partial charge in [-0.3, -0.25) is 4.57 Å². The first-order valence-electron chi connectivity index (χ1n) is 29.7. The van der Waals surface area contributed by atoms with Gasteiger partial charge in [0, 0.05) is 44.3 Å². The maximum atomic E-state index is 9.26. The van der Waals surface area contributed by atoms with E-state index in [0.29, 0.717) is 28.2 Å². The second kappa shape index (κ2) is 18.8. The third kappa shape index (κ3) is 7.81. The molecule has 3 aromatic heterocycles. The van der Waals surface area contributed by atoms with Gasteiger partial charge in [-0.2, -0.15) is 12.1 Å². The molecule has 14 rings (SSSR count). The Balaban J connectivity index is 0.00000686. The Kier molecular flexibility index (Phi) is 9.13. The van der Waals surface area contributed by atoms with E-state index in [-0.39, 0.29) is 54.4 Å². The van der Waals surface area contributed by atoms with E-state index >= 15 is 0 Å². The van der Waals surface area contributed by atoms with Crippen LogP contribution in [0, 0.1) is 18.5 Å². The molecule has 13 aromatic rings. The standard InChI is InChI=1S/C70H48N4O.Pt/c1-70(2,3)48-39-40-71-67(41-48)74-62-34-17-16-30-58(62)59-38-37-50(44-65(59)74)75-66-43-49(42-61-57-29-13-12-27-55(57)53-25-10-11-26-54(53)56-28-14-15-31-60(56)68(61)66)72-45-73(64-36-19-18-35-63(64)72)69-51(46-21-6-4-7-22-46)32-20-33-52(69)47-23-8-5-9-24-47;/h4-42H,1-3H3;/q-2;/i4D,5D,6D,7D,8D,9D,21D,22D,23D,24D;. The maximum Gasteiger partial charge on any atom is 0.268 e. The van der Waals surface area contributed by atoms with Crippen molar-refractivity contribution in [3.8, 4) is 95.5 Å². The molecular weight excluding hydrogens is 1110 g/mol. The van der Waals surface area contributed by atoms with E-state index in [1.165, 1.54) is 0 Å². The molecule has 0 amide bonds. The Morgan fingerprint density at radius 1 is 0.526 bits per heavy atom. The van der Waals surface area contributed by atoms with Crippen molar-refractivity contribution in [1.82, 2.24) is 14.1 Å². The smallest absolute Gasteiger partial charge is 0.268 e. The Hall–Kier alpha value is -8.89. The minimum Gasteiger partial charge on any atom is -0.509 e. The van der Waals surface area contributed by atoms with Gasteiger partial charge in [-0.25, -0.2) is 4.98 Å². The molecule has 0 fully saturated rings. The molecule has 5 nitrogen and oxygen atoms in total. The van der Waals surface area contributed by atoms with Gasteiger partial charge in [-0.1, -0.05) is 231 Å². The summed E-state index contributed by atoms with van der Waals surface area (Å²) in [6, 6.07) is 57.6. The van der Waals surface area contributed by atoms with Crippen LogP contribution in [-0.4, -0.2) is 14.1 Å². The molecule has 76 heavy (non-hydrogen) atoms. The van der Waals surface area contributed by atoms with Crippen LogP contribution >= 0.6 is 0 Å². The summed E-state index contributed by atoms with van der Waals surface area (Å²) < 4.78 is 102. The van der Waals surface area contributed by atoms with Crippen molar-refractivity contribution in [3.05, 3.63) is 261 Å². The van der Waals surface area contributed by atoms with Gasteiger partial charge in [0.25, 0.3) is 6.33 Å². The predicted molar refractivity (Wildman–Crippen MR) is 305 cm³/mol. The first-order valence-corrected chi connectivity index (χ1v) is 24.7. The maximum absolute atomic E-state index is 9.26. The van der Waals surface area contributed by atoms with E-state index in [1.54, 1.807) is 22.8 Å². The summed E-state index contributed by atoms with van der Waals surface area (Å²) in [5, 5.41) is 1.98. The van der Waals surface area contributed by atoms with Gasteiger partial charge in [0.1, 0.15) is 5.82 Å². The minimum atomic E-state index is -0.583. The Labute approximate surface area is 470 Å². The second-order valence-corrected chi connectivity index (χ2v) is 19.6. The van der Waals surface area contributed by atoms with Crippen LogP contribution in [0.1, 0.15) is 40.0 Å². The molecule has 0 N–H and O–H groups in total. The molecule has 3 heterocycles. The number of hydrogen-bond donors (Lipinski definition) is 0. The van der Waals surface area contributed by atoms with Gasteiger partial charge in [-0.15, -0.1) is 29.1 Å². The molecule has 366 valence electrons. The number of imidazole rings is 1. The number of hydrogen-bond acceptors (Lipinski definition) is 2. The Morgan fingerprint density at radius 2 is 1.08 bits per heavy atom. The van der Waals surface area contributed by atoms with E-state index in [9.17, 15) is 5.48 Å². The third-order valence-corrected chi connectivity index (χ3v) is 14.2. The average molecular weight is 1170 g/mol. The fourth-order valence-corrected chi connectivity index (χ4v) is 10.7. The van der Waals surface area contributed by atoms with Crippen molar-refractivity contribution in [1.29, 1.82) is 0 Å². The zero-order valence-corrected chi connectivity index (χ0v) is 43.5. The molecule has 10 aromatic carbocycles. The number of fused-ring (bicyclic) bond motifs is 12. The number of ether oxygens (including phenoxy) is 1. The Morgan fingerprint density at radius 3 is 1.72 bits per heavy atom. The van der Waals surface area contributed by atoms with Crippen molar-refractivity contribution < 1.29 is 44.1 Å². The molecule has 0 bridgehead atoms. The fourth-order valence-electron chi connectivity index (χ4n) is 10.7. The number of pyridine rings is 1. The number of rotatable bonds is 7. The molecule has 0 unspecified atom stereocenters. The summed E-state index contributed by atoms with van der Waals surface area (Å²) in [5.74, 6) is 1.50. The van der Waals surface area contributed by atoms with Gasteiger partial charge in [-0.05, 0) is 90.3 Å². The number of para-hydroxylation sites is 4. The monoisotopic (exact) mass is 1170 g/mol. The zero-order valence-electron chi connectivity index (χ0n) is 51.3. The number of benzene rings is 10. The van der Waals surface area contributed by atoms with Gasteiger partial charge in [0.05, 0.1) is 30.4 Å². The summed E-state index contributed by atoms with van der Waals surface area (Å²) in [7, 11) is 0. The Bertz CT molecular complexity index is 4860. The summed E-state index contributed by atoms with van der Waals surface area (Å²) in [6.45, 7) is 6.54. The van der Waals surface area contributed by atoms with Crippen LogP contribution in [0.5, 0.6) is 11.5 Å². The van der Waals surface area contributed by atoms with Crippen LogP contribution in [0.4, 0.5) is 0 Å². The van der Waals surface area contributed by atoms with Gasteiger partial charge >= 0.3 is 0 Å². The summed E-state index contributed by atoms with van der Waals surface area (Å²) in [4.78, 5) is 4.93. The molecule has 0 spiro atoms. The van der Waals surface area contributed by atoms with Crippen molar-refractivity contribution in [3.63, 3.8) is 0 Å². The molecule has 0 saturated heterocycles. The molecule has 1 aliphatic rings. The molecule has 1 aliphatic carbocycles. The van der Waals surface area contributed by atoms with Gasteiger partial charge < -0.3 is 13.9 Å². The zero-order chi connectivity index (χ0) is 58.9. The summed E-state index contributed by atoms with van der Waals surface area (Å²) in [6.07, 6.45) is 5.43. The van der Waals surface area contributed by atoms with Gasteiger partial charge in [0.15, 0.2) is 0 Å². The predicted octanol–water partition coefficient (Wildman–Crippen LogP) is 17.2. The van der Waals surface area contributed by atoms with Crippen LogP contribution in [0.25, 0.3) is 117 Å². The van der Waals surface area contributed by atoms with Crippen LogP contribution in [-0.2, 0) is 26.5 Å². The van der Waals surface area contributed by atoms with Crippen molar-refractivity contribution in [2.45, 2.75) is 26.2 Å². The first kappa shape index (κ1) is 36.9. The number of aromatic nitrogens is 4. The molecule has 6 heteroatoms. The van der Waals surface area contributed by atoms with E-state index in [2.05, 4.69) is 111 Å². The SMILES string of the molecule is [2H]c1c([2H])c([2H])c(-c2cccc(-c3c([2H])c([2H])c([2H])c([2H])c3[2H])c2-[n+]2[c-]n(-c3[c-]c(Oc4[c-]c5c(cc4)c4ccccc4n5-c4cc(C(C)(C)C)ccn4)c4c(c3)-c3ccccc3-c3ccccc3-c3ccccc3-4)c3ccccc32)c([2H])c1[2H].[Pt]. The normalized spacial score (nSPS) is 13.6.